The van der Waals surface area contributed by atoms with Crippen LogP contribution in [0.15, 0.2) is 79.0 Å². The van der Waals surface area contributed by atoms with Crippen LogP contribution >= 0.6 is 11.6 Å². The van der Waals surface area contributed by atoms with E-state index in [2.05, 4.69) is 39.6 Å². The minimum Gasteiger partial charge on any atom is -0.449 e. The lowest BCUT2D eigenvalue weighted by atomic mass is 9.98. The summed E-state index contributed by atoms with van der Waals surface area (Å²) in [4.78, 5) is 20.7. The number of fused-ring (bicyclic) bond motifs is 4. The molecule has 4 aromatic rings. The average molecular weight is 442 g/mol. The normalized spacial score (nSPS) is 12.7. The van der Waals surface area contributed by atoms with Crippen LogP contribution in [0.5, 0.6) is 0 Å². The molecule has 0 saturated heterocycles. The number of hydrogen-bond acceptors (Lipinski definition) is 4. The lowest BCUT2D eigenvalue weighted by Gasteiger charge is -2.14. The molecule has 0 radical (unpaired) electrons. The van der Waals surface area contributed by atoms with Crippen LogP contribution in [0.25, 0.3) is 28.2 Å². The van der Waals surface area contributed by atoms with E-state index in [4.69, 9.17) is 16.3 Å². The highest BCUT2D eigenvalue weighted by atomic mass is 35.5. The first kappa shape index (κ1) is 20.2. The third-order valence-electron chi connectivity index (χ3n) is 5.56. The third kappa shape index (κ3) is 4.07. The molecule has 0 aliphatic heterocycles. The first-order valence-electron chi connectivity index (χ1n) is 10.4. The molecule has 0 spiro atoms. The van der Waals surface area contributed by atoms with Crippen LogP contribution in [-0.4, -0.2) is 29.2 Å². The molecule has 1 aromatic heterocycles. The number of ether oxygens (including phenoxy) is 1. The largest absolute Gasteiger partial charge is 0.449 e. The molecule has 0 fully saturated rings. The summed E-state index contributed by atoms with van der Waals surface area (Å²) in [5.41, 5.74) is 7.26. The fourth-order valence-electron chi connectivity index (χ4n) is 4.10. The van der Waals surface area contributed by atoms with Crippen molar-refractivity contribution in [3.05, 3.63) is 101 Å². The number of rotatable bonds is 5. The fraction of sp³-hybridized carbons (Fsp3) is 0.115. The summed E-state index contributed by atoms with van der Waals surface area (Å²) in [5, 5.41) is 3.13. The van der Waals surface area contributed by atoms with Crippen molar-refractivity contribution in [2.75, 3.05) is 13.2 Å². The first-order valence-corrected chi connectivity index (χ1v) is 10.7. The number of hydrogen-bond donors (Lipinski definition) is 1. The van der Waals surface area contributed by atoms with Crippen molar-refractivity contribution < 1.29 is 9.53 Å². The minimum atomic E-state index is -0.437. The maximum atomic E-state index is 12.2. The van der Waals surface area contributed by atoms with Gasteiger partial charge in [0.1, 0.15) is 11.8 Å². The first-order chi connectivity index (χ1) is 15.7. The van der Waals surface area contributed by atoms with Crippen LogP contribution < -0.4 is 5.32 Å². The third-order valence-corrected chi connectivity index (χ3v) is 5.74. The van der Waals surface area contributed by atoms with Gasteiger partial charge in [0.2, 0.25) is 0 Å². The van der Waals surface area contributed by atoms with Gasteiger partial charge in [-0.3, -0.25) is 4.98 Å². The maximum absolute atomic E-state index is 12.2. The van der Waals surface area contributed by atoms with E-state index in [0.29, 0.717) is 18.3 Å². The second kappa shape index (κ2) is 8.81. The molecular formula is C26H20ClN3O2. The lowest BCUT2D eigenvalue weighted by Crippen LogP contribution is -2.26. The number of halogens is 1. The zero-order chi connectivity index (χ0) is 21.9. The quantitative estimate of drug-likeness (QED) is 0.423. The smallest absolute Gasteiger partial charge is 0.407 e. The van der Waals surface area contributed by atoms with E-state index in [1.807, 2.05) is 54.6 Å². The van der Waals surface area contributed by atoms with Gasteiger partial charge in [0.15, 0.2) is 0 Å². The van der Waals surface area contributed by atoms with Gasteiger partial charge in [-0.15, -0.1) is 0 Å². The summed E-state index contributed by atoms with van der Waals surface area (Å²) < 4.78 is 5.55. The molecule has 158 valence electrons. The highest BCUT2D eigenvalue weighted by Gasteiger charge is 2.28. The summed E-state index contributed by atoms with van der Waals surface area (Å²) >= 11 is 5.91. The van der Waals surface area contributed by atoms with Crippen molar-refractivity contribution in [1.82, 2.24) is 15.3 Å². The number of aromatic nitrogens is 2. The van der Waals surface area contributed by atoms with Crippen LogP contribution in [-0.2, 0) is 4.74 Å². The molecular weight excluding hydrogens is 422 g/mol. The van der Waals surface area contributed by atoms with E-state index < -0.39 is 6.09 Å². The summed E-state index contributed by atoms with van der Waals surface area (Å²) in [6, 6.07) is 22.3. The van der Waals surface area contributed by atoms with E-state index in [9.17, 15) is 4.79 Å². The van der Waals surface area contributed by atoms with E-state index in [0.717, 1.165) is 16.6 Å². The number of amides is 1. The minimum absolute atomic E-state index is 0.0502. The number of alkyl carbamates (subject to hydrolysis) is 1. The SMILES string of the molecule is O=C(NCC=Cc1ccc2ncc(Cl)nc2c1)OCC1c2ccccc2-c2ccccc21. The maximum Gasteiger partial charge on any atom is 0.407 e. The Morgan fingerprint density at radius 1 is 1.00 bits per heavy atom. The molecule has 6 heteroatoms. The number of nitrogens with zero attached hydrogens (tertiary/aromatic N) is 2. The molecule has 0 atom stereocenters. The van der Waals surface area contributed by atoms with Gasteiger partial charge in [0, 0.05) is 12.5 Å². The van der Waals surface area contributed by atoms with Crippen molar-refractivity contribution in [2.24, 2.45) is 0 Å². The van der Waals surface area contributed by atoms with Crippen LogP contribution in [0.1, 0.15) is 22.6 Å². The predicted octanol–water partition coefficient (Wildman–Crippen LogP) is 5.84. The molecule has 0 saturated carbocycles. The Labute approximate surface area is 190 Å². The highest BCUT2D eigenvalue weighted by molar-refractivity contribution is 6.29. The Balaban J connectivity index is 1.18. The lowest BCUT2D eigenvalue weighted by molar-refractivity contribution is 0.144. The van der Waals surface area contributed by atoms with Crippen LogP contribution in [0.2, 0.25) is 5.15 Å². The second-order valence-corrected chi connectivity index (χ2v) is 7.94. The molecule has 0 unspecified atom stereocenters. The van der Waals surface area contributed by atoms with Crippen molar-refractivity contribution >= 4 is 34.8 Å². The molecule has 0 bridgehead atoms. The van der Waals surface area contributed by atoms with Crippen molar-refractivity contribution in [3.63, 3.8) is 0 Å². The summed E-state index contributed by atoms with van der Waals surface area (Å²) in [5.74, 6) is 0.0502. The van der Waals surface area contributed by atoms with Gasteiger partial charge in [-0.2, -0.15) is 0 Å². The number of benzene rings is 3. The van der Waals surface area contributed by atoms with Gasteiger partial charge < -0.3 is 10.1 Å². The Morgan fingerprint density at radius 3 is 2.47 bits per heavy atom. The molecule has 5 nitrogen and oxygen atoms in total. The highest BCUT2D eigenvalue weighted by Crippen LogP contribution is 2.44. The molecule has 1 aliphatic rings. The molecule has 3 aromatic carbocycles. The summed E-state index contributed by atoms with van der Waals surface area (Å²) in [7, 11) is 0. The van der Waals surface area contributed by atoms with E-state index in [1.165, 1.54) is 28.5 Å². The topological polar surface area (TPSA) is 64.1 Å². The van der Waals surface area contributed by atoms with Crippen molar-refractivity contribution in [1.29, 1.82) is 0 Å². The standard InChI is InChI=1S/C26H20ClN3O2/c27-25-15-29-23-12-11-17(14-24(23)30-25)6-5-13-28-26(31)32-16-22-20-9-3-1-7-18(20)19-8-2-4-10-21(19)22/h1-12,14-15,22H,13,16H2,(H,28,31). The van der Waals surface area contributed by atoms with Gasteiger partial charge in [-0.1, -0.05) is 78.4 Å². The zero-order valence-corrected chi connectivity index (χ0v) is 17.9. The number of carbonyl (C=O) groups excluding carboxylic acids is 1. The van der Waals surface area contributed by atoms with Crippen LogP contribution in [0, 0.1) is 0 Å². The molecule has 1 amide bonds. The van der Waals surface area contributed by atoms with Gasteiger partial charge in [-0.25, -0.2) is 9.78 Å². The van der Waals surface area contributed by atoms with Crippen LogP contribution in [0.4, 0.5) is 4.79 Å². The van der Waals surface area contributed by atoms with E-state index in [-0.39, 0.29) is 5.92 Å². The fourth-order valence-corrected chi connectivity index (χ4v) is 4.24. The predicted molar refractivity (Wildman–Crippen MR) is 127 cm³/mol. The Bertz CT molecular complexity index is 1290. The van der Waals surface area contributed by atoms with Gasteiger partial charge in [-0.05, 0) is 39.9 Å². The number of carbonyl (C=O) groups is 1. The van der Waals surface area contributed by atoms with Gasteiger partial charge >= 0.3 is 6.09 Å². The second-order valence-electron chi connectivity index (χ2n) is 7.55. The van der Waals surface area contributed by atoms with Crippen LogP contribution in [0.3, 0.4) is 0 Å². The Hall–Kier alpha value is -3.70. The molecule has 1 heterocycles. The van der Waals surface area contributed by atoms with E-state index in [1.54, 1.807) is 0 Å². The monoisotopic (exact) mass is 441 g/mol. The Kier molecular flexibility index (Phi) is 5.57. The molecule has 5 rings (SSSR count). The number of nitrogens with one attached hydrogen (secondary N) is 1. The molecule has 32 heavy (non-hydrogen) atoms. The summed E-state index contributed by atoms with van der Waals surface area (Å²) in [6.45, 7) is 0.656. The average Bonchev–Trinajstić information content (AvgIpc) is 3.14. The molecule has 1 N–H and O–H groups in total. The molecule has 1 aliphatic carbocycles. The summed E-state index contributed by atoms with van der Waals surface area (Å²) in [6.07, 6.45) is 4.86. The van der Waals surface area contributed by atoms with Gasteiger partial charge in [0.25, 0.3) is 0 Å². The zero-order valence-electron chi connectivity index (χ0n) is 17.2. The van der Waals surface area contributed by atoms with Crippen molar-refractivity contribution in [3.8, 4) is 11.1 Å². The van der Waals surface area contributed by atoms with E-state index >= 15 is 0 Å². The van der Waals surface area contributed by atoms with Crippen molar-refractivity contribution in [2.45, 2.75) is 5.92 Å². The van der Waals surface area contributed by atoms with Gasteiger partial charge in [0.05, 0.1) is 17.2 Å². The Morgan fingerprint density at radius 2 is 1.72 bits per heavy atom.